The number of methoxy groups -OCH3 is 2. The number of benzene rings is 2. The molecule has 1 unspecified atom stereocenters. The minimum Gasteiger partial charge on any atom is -0.465 e. The van der Waals surface area contributed by atoms with Gasteiger partial charge < -0.3 is 14.8 Å². The lowest BCUT2D eigenvalue weighted by atomic mass is 9.95. The molecule has 0 saturated heterocycles. The van der Waals surface area contributed by atoms with Crippen LogP contribution in [-0.4, -0.2) is 32.6 Å². The zero-order chi connectivity index (χ0) is 18.4. The topological polar surface area (TPSA) is 64.6 Å². The summed E-state index contributed by atoms with van der Waals surface area (Å²) in [6.45, 7) is 2.14. The second-order valence-corrected chi connectivity index (χ2v) is 6.13. The number of ether oxygens (including phenoxy) is 2. The molecule has 25 heavy (non-hydrogen) atoms. The summed E-state index contributed by atoms with van der Waals surface area (Å²) in [5.74, 6) is -0.707. The van der Waals surface area contributed by atoms with Crippen LogP contribution in [0.3, 0.4) is 0 Å². The first kappa shape index (κ1) is 19.0. The number of hydrogen-bond acceptors (Lipinski definition) is 4. The Bertz CT molecular complexity index is 760. The quantitative estimate of drug-likeness (QED) is 0.801. The first-order valence-electron chi connectivity index (χ1n) is 7.67. The first-order valence-corrected chi connectivity index (χ1v) is 8.05. The second-order valence-electron chi connectivity index (χ2n) is 5.70. The predicted molar refractivity (Wildman–Crippen MR) is 95.9 cm³/mol. The maximum absolute atomic E-state index is 12.3. The molecule has 2 aromatic carbocycles. The van der Waals surface area contributed by atoms with Crippen molar-refractivity contribution in [1.29, 1.82) is 0 Å². The van der Waals surface area contributed by atoms with Crippen molar-refractivity contribution < 1.29 is 19.1 Å². The van der Waals surface area contributed by atoms with E-state index in [2.05, 4.69) is 10.1 Å². The number of carbonyl (C=O) groups is 2. The number of halogens is 1. The molecule has 0 aliphatic carbocycles. The van der Waals surface area contributed by atoms with E-state index < -0.39 is 11.6 Å². The van der Waals surface area contributed by atoms with Crippen molar-refractivity contribution in [3.8, 4) is 0 Å². The van der Waals surface area contributed by atoms with Crippen molar-refractivity contribution in [1.82, 2.24) is 5.32 Å². The molecule has 1 N–H and O–H groups in total. The Kier molecular flexibility index (Phi) is 6.17. The van der Waals surface area contributed by atoms with E-state index in [1.807, 2.05) is 25.1 Å². The molecule has 0 aliphatic heterocycles. The molecular formula is C19H20ClNO4. The van der Waals surface area contributed by atoms with Crippen molar-refractivity contribution in [2.24, 2.45) is 0 Å². The summed E-state index contributed by atoms with van der Waals surface area (Å²) in [7, 11) is 2.89. The van der Waals surface area contributed by atoms with Gasteiger partial charge >= 0.3 is 5.97 Å². The van der Waals surface area contributed by atoms with E-state index in [0.29, 0.717) is 16.1 Å². The summed E-state index contributed by atoms with van der Waals surface area (Å²) in [6, 6.07) is 13.6. The highest BCUT2D eigenvalue weighted by molar-refractivity contribution is 6.30. The molecular weight excluding hydrogens is 342 g/mol. The van der Waals surface area contributed by atoms with Crippen LogP contribution in [0.2, 0.25) is 5.02 Å². The average molecular weight is 362 g/mol. The number of hydrogen-bond donors (Lipinski definition) is 1. The lowest BCUT2D eigenvalue weighted by Crippen LogP contribution is -2.40. The van der Waals surface area contributed by atoms with Gasteiger partial charge in [-0.2, -0.15) is 0 Å². The van der Waals surface area contributed by atoms with Crippen molar-refractivity contribution in [2.45, 2.75) is 12.5 Å². The van der Waals surface area contributed by atoms with Gasteiger partial charge in [-0.15, -0.1) is 0 Å². The van der Waals surface area contributed by atoms with Crippen LogP contribution in [0.15, 0.2) is 48.5 Å². The van der Waals surface area contributed by atoms with Crippen LogP contribution in [-0.2, 0) is 15.1 Å². The van der Waals surface area contributed by atoms with Crippen LogP contribution in [0, 0.1) is 0 Å². The summed E-state index contributed by atoms with van der Waals surface area (Å²) in [5, 5.41) is 3.45. The Balaban J connectivity index is 2.08. The number of rotatable bonds is 6. The van der Waals surface area contributed by atoms with Crippen molar-refractivity contribution in [3.05, 3.63) is 70.2 Å². The molecule has 2 rings (SSSR count). The molecule has 0 saturated carbocycles. The van der Waals surface area contributed by atoms with Crippen LogP contribution in [0.1, 0.15) is 33.2 Å². The van der Waals surface area contributed by atoms with Crippen LogP contribution in [0.5, 0.6) is 0 Å². The third kappa shape index (κ3) is 4.59. The van der Waals surface area contributed by atoms with Gasteiger partial charge in [0.15, 0.2) is 0 Å². The van der Waals surface area contributed by atoms with Crippen molar-refractivity contribution in [3.63, 3.8) is 0 Å². The van der Waals surface area contributed by atoms with Gasteiger partial charge in [-0.1, -0.05) is 23.7 Å². The van der Waals surface area contributed by atoms with Crippen LogP contribution in [0.25, 0.3) is 0 Å². The monoisotopic (exact) mass is 361 g/mol. The molecule has 5 nitrogen and oxygen atoms in total. The zero-order valence-corrected chi connectivity index (χ0v) is 15.1. The number of esters is 1. The van der Waals surface area contributed by atoms with Gasteiger partial charge in [0.1, 0.15) is 5.60 Å². The van der Waals surface area contributed by atoms with Crippen LogP contribution >= 0.6 is 11.6 Å². The summed E-state index contributed by atoms with van der Waals surface area (Å²) in [5.41, 5.74) is 0.979. The van der Waals surface area contributed by atoms with Gasteiger partial charge in [0.25, 0.3) is 5.91 Å². The summed E-state index contributed by atoms with van der Waals surface area (Å²) < 4.78 is 10.2. The van der Waals surface area contributed by atoms with E-state index in [9.17, 15) is 9.59 Å². The van der Waals surface area contributed by atoms with E-state index in [4.69, 9.17) is 16.3 Å². The largest absolute Gasteiger partial charge is 0.465 e. The Labute approximate surface area is 151 Å². The Morgan fingerprint density at radius 1 is 1.08 bits per heavy atom. The summed E-state index contributed by atoms with van der Waals surface area (Å²) in [6.07, 6.45) is 0. The van der Waals surface area contributed by atoms with E-state index in [-0.39, 0.29) is 12.5 Å². The van der Waals surface area contributed by atoms with Crippen molar-refractivity contribution in [2.75, 3.05) is 20.8 Å². The van der Waals surface area contributed by atoms with E-state index in [1.54, 1.807) is 37.4 Å². The fourth-order valence-corrected chi connectivity index (χ4v) is 2.53. The van der Waals surface area contributed by atoms with E-state index >= 15 is 0 Å². The third-order valence-corrected chi connectivity index (χ3v) is 4.28. The van der Waals surface area contributed by atoms with Gasteiger partial charge in [0.05, 0.1) is 19.2 Å². The number of nitrogens with one attached hydrogen (secondary N) is 1. The predicted octanol–water partition coefficient (Wildman–Crippen LogP) is 3.42. The fraction of sp³-hybridized carbons (Fsp3) is 0.263. The van der Waals surface area contributed by atoms with Crippen LogP contribution < -0.4 is 5.32 Å². The highest BCUT2D eigenvalue weighted by Gasteiger charge is 2.27. The number of amides is 1. The van der Waals surface area contributed by atoms with Gasteiger partial charge in [0, 0.05) is 17.7 Å². The molecule has 1 amide bonds. The molecule has 6 heteroatoms. The maximum atomic E-state index is 12.3. The highest BCUT2D eigenvalue weighted by atomic mass is 35.5. The molecule has 132 valence electrons. The first-order chi connectivity index (χ1) is 11.9. The normalized spacial score (nSPS) is 13.0. The smallest absolute Gasteiger partial charge is 0.337 e. The Morgan fingerprint density at radius 2 is 1.72 bits per heavy atom. The van der Waals surface area contributed by atoms with Gasteiger partial charge in [0.2, 0.25) is 0 Å². The summed E-state index contributed by atoms with van der Waals surface area (Å²) in [4.78, 5) is 23.8. The van der Waals surface area contributed by atoms with E-state index in [1.165, 1.54) is 7.11 Å². The zero-order valence-electron chi connectivity index (χ0n) is 14.3. The minimum atomic E-state index is -0.716. The molecule has 1 atom stereocenters. The molecule has 0 heterocycles. The van der Waals surface area contributed by atoms with Gasteiger partial charge in [-0.3, -0.25) is 4.79 Å². The summed E-state index contributed by atoms with van der Waals surface area (Å²) >= 11 is 6.04. The third-order valence-electron chi connectivity index (χ3n) is 4.04. The molecule has 0 aromatic heterocycles. The van der Waals surface area contributed by atoms with Crippen molar-refractivity contribution >= 4 is 23.5 Å². The lowest BCUT2D eigenvalue weighted by Gasteiger charge is -2.29. The standard InChI is InChI=1S/C19H20ClNO4/c1-19(25-3,15-5-4-6-16(20)11-15)12-21-17(22)13-7-9-14(10-8-13)18(23)24-2/h4-11H,12H2,1-3H3,(H,21,22). The maximum Gasteiger partial charge on any atom is 0.337 e. The Hall–Kier alpha value is -2.37. The molecule has 2 aromatic rings. The van der Waals surface area contributed by atoms with Gasteiger partial charge in [-0.25, -0.2) is 4.79 Å². The fourth-order valence-electron chi connectivity index (χ4n) is 2.34. The molecule has 0 fully saturated rings. The molecule has 0 spiro atoms. The minimum absolute atomic E-state index is 0.262. The SMILES string of the molecule is COC(=O)c1ccc(C(=O)NCC(C)(OC)c2cccc(Cl)c2)cc1. The molecule has 0 aliphatic rings. The van der Waals surface area contributed by atoms with Gasteiger partial charge in [-0.05, 0) is 48.9 Å². The molecule has 0 radical (unpaired) electrons. The number of carbonyl (C=O) groups excluding carboxylic acids is 2. The second kappa shape index (κ2) is 8.14. The van der Waals surface area contributed by atoms with E-state index in [0.717, 1.165) is 5.56 Å². The van der Waals surface area contributed by atoms with Crippen LogP contribution in [0.4, 0.5) is 0 Å². The molecule has 0 bridgehead atoms. The Morgan fingerprint density at radius 3 is 2.28 bits per heavy atom. The lowest BCUT2D eigenvalue weighted by molar-refractivity contribution is 0.00315. The average Bonchev–Trinajstić information content (AvgIpc) is 2.65. The highest BCUT2D eigenvalue weighted by Crippen LogP contribution is 2.26.